The molecule has 1 aromatic rings. The highest BCUT2D eigenvalue weighted by Gasteiger charge is 2.31. The summed E-state index contributed by atoms with van der Waals surface area (Å²) in [5.74, 6) is -0.187. The summed E-state index contributed by atoms with van der Waals surface area (Å²) in [4.78, 5) is 20.9. The lowest BCUT2D eigenvalue weighted by molar-refractivity contribution is -0.873. The molecule has 0 aliphatic rings. The third kappa shape index (κ3) is 15.1. The second-order valence-corrected chi connectivity index (χ2v) is 10.3. The molecular weight excluding hydrogens is 421 g/mol. The van der Waals surface area contributed by atoms with Crippen molar-refractivity contribution in [2.24, 2.45) is 0 Å². The molecule has 0 saturated carbocycles. The molecule has 2 N–H and O–H groups in total. The number of rotatable bonds is 17. The van der Waals surface area contributed by atoms with E-state index in [0.29, 0.717) is 17.5 Å². The molecule has 0 amide bonds. The molecule has 1 unspecified atom stereocenters. The molecule has 0 radical (unpaired) electrons. The van der Waals surface area contributed by atoms with Gasteiger partial charge in [0.15, 0.2) is 0 Å². The Hall–Kier alpha value is -1.44. The van der Waals surface area contributed by atoms with Crippen LogP contribution in [0.25, 0.3) is 0 Å². The van der Waals surface area contributed by atoms with Gasteiger partial charge in [-0.05, 0) is 31.9 Å². The summed E-state index contributed by atoms with van der Waals surface area (Å²) in [5.41, 5.74) is 1.21. The van der Waals surface area contributed by atoms with E-state index in [-0.39, 0.29) is 19.6 Å². The van der Waals surface area contributed by atoms with Crippen LogP contribution in [0.15, 0.2) is 24.3 Å². The summed E-state index contributed by atoms with van der Waals surface area (Å²) in [5, 5.41) is 8.99. The molecule has 0 fully saturated rings. The van der Waals surface area contributed by atoms with Crippen molar-refractivity contribution in [3.63, 3.8) is 0 Å². The SMILES string of the molecule is Cc1ccc(OCCCCCCCCOP(=O)(O)O[C@H](CC(=O)O)C[N+](C)(C)C)cc1. The van der Waals surface area contributed by atoms with Crippen molar-refractivity contribution in [3.05, 3.63) is 29.8 Å². The minimum atomic E-state index is -4.28. The predicted molar refractivity (Wildman–Crippen MR) is 120 cm³/mol. The third-order valence-electron chi connectivity index (χ3n) is 4.52. The average Bonchev–Trinajstić information content (AvgIpc) is 2.62. The highest BCUT2D eigenvalue weighted by atomic mass is 31.2. The van der Waals surface area contributed by atoms with Gasteiger partial charge in [0.05, 0.1) is 40.8 Å². The predicted octanol–water partition coefficient (Wildman–Crippen LogP) is 4.40. The van der Waals surface area contributed by atoms with Crippen LogP contribution in [0.4, 0.5) is 0 Å². The molecule has 0 saturated heterocycles. The number of carboxylic acids is 1. The lowest BCUT2D eigenvalue weighted by atomic mass is 10.1. The third-order valence-corrected chi connectivity index (χ3v) is 5.59. The number of nitrogens with zero attached hydrogens (tertiary/aromatic N) is 1. The van der Waals surface area contributed by atoms with Crippen molar-refractivity contribution in [1.29, 1.82) is 0 Å². The van der Waals surface area contributed by atoms with E-state index in [1.807, 2.05) is 52.3 Å². The van der Waals surface area contributed by atoms with Gasteiger partial charge >= 0.3 is 13.8 Å². The fourth-order valence-corrected chi connectivity index (χ4v) is 4.01. The smallest absolute Gasteiger partial charge is 0.472 e. The molecule has 1 aromatic carbocycles. The Balaban J connectivity index is 2.12. The molecule has 0 bridgehead atoms. The van der Waals surface area contributed by atoms with Crippen LogP contribution in [-0.4, -0.2) is 67.5 Å². The Labute approximate surface area is 186 Å². The second kappa shape index (κ2) is 13.9. The Kier molecular flexibility index (Phi) is 12.3. The molecule has 1 rings (SSSR count). The first-order valence-electron chi connectivity index (χ1n) is 10.8. The van der Waals surface area contributed by atoms with Gasteiger partial charge in [0, 0.05) is 0 Å². The number of aryl methyl sites for hydroxylation is 1. The maximum atomic E-state index is 12.1. The number of phosphoric ester groups is 1. The van der Waals surface area contributed by atoms with Crippen LogP contribution in [-0.2, 0) is 18.4 Å². The standard InChI is InChI=1S/C22H38NO7P/c1-19-11-13-20(14-12-19)28-15-9-7-5-6-8-10-16-29-31(26,27)30-21(17-22(24)25)18-23(2,3)4/h11-14,21H,5-10,15-18H2,1-4H3,(H-,24,25,26,27)/p+1/t21-/m1/s1. The van der Waals surface area contributed by atoms with Gasteiger partial charge in [-0.25, -0.2) is 4.57 Å². The Bertz CT molecular complexity index is 688. The van der Waals surface area contributed by atoms with Gasteiger partial charge < -0.3 is 19.2 Å². The molecule has 31 heavy (non-hydrogen) atoms. The minimum Gasteiger partial charge on any atom is -0.494 e. The van der Waals surface area contributed by atoms with Crippen LogP contribution < -0.4 is 4.74 Å². The van der Waals surface area contributed by atoms with E-state index in [4.69, 9.17) is 18.9 Å². The molecule has 8 nitrogen and oxygen atoms in total. The van der Waals surface area contributed by atoms with Crippen molar-refractivity contribution in [1.82, 2.24) is 0 Å². The maximum Gasteiger partial charge on any atom is 0.472 e. The molecule has 0 aliphatic carbocycles. The fraction of sp³-hybridized carbons (Fsp3) is 0.682. The number of hydrogen-bond acceptors (Lipinski definition) is 5. The monoisotopic (exact) mass is 460 g/mol. The highest BCUT2D eigenvalue weighted by molar-refractivity contribution is 7.47. The zero-order valence-corrected chi connectivity index (χ0v) is 20.2. The Morgan fingerprint density at radius 1 is 1.00 bits per heavy atom. The van der Waals surface area contributed by atoms with Crippen molar-refractivity contribution in [3.8, 4) is 5.75 Å². The number of carbonyl (C=O) groups is 1. The first-order valence-corrected chi connectivity index (χ1v) is 12.3. The summed E-state index contributed by atoms with van der Waals surface area (Å²) in [6.07, 6.45) is 4.41. The van der Waals surface area contributed by atoms with Crippen molar-refractivity contribution in [2.75, 3.05) is 40.9 Å². The summed E-state index contributed by atoms with van der Waals surface area (Å²) in [6, 6.07) is 8.02. The molecule has 0 aliphatic heterocycles. The summed E-state index contributed by atoms with van der Waals surface area (Å²) < 4.78 is 28.4. The van der Waals surface area contributed by atoms with Crippen LogP contribution in [0.2, 0.25) is 0 Å². The number of carboxylic acid groups (broad SMARTS) is 1. The average molecular weight is 461 g/mol. The van der Waals surface area contributed by atoms with Crippen LogP contribution >= 0.6 is 7.82 Å². The van der Waals surface area contributed by atoms with Gasteiger partial charge in [0.1, 0.15) is 18.4 Å². The second-order valence-electron chi connectivity index (χ2n) is 8.88. The number of quaternary nitrogens is 1. The quantitative estimate of drug-likeness (QED) is 0.202. The van der Waals surface area contributed by atoms with Gasteiger partial charge in [-0.3, -0.25) is 13.8 Å². The van der Waals surface area contributed by atoms with Crippen LogP contribution in [0.1, 0.15) is 50.5 Å². The van der Waals surface area contributed by atoms with Crippen molar-refractivity contribution in [2.45, 2.75) is 58.0 Å². The summed E-state index contributed by atoms with van der Waals surface area (Å²) in [6.45, 7) is 3.13. The van der Waals surface area contributed by atoms with Crippen LogP contribution in [0.3, 0.4) is 0 Å². The van der Waals surface area contributed by atoms with E-state index in [0.717, 1.165) is 37.9 Å². The van der Waals surface area contributed by atoms with E-state index < -0.39 is 19.9 Å². The first-order chi connectivity index (χ1) is 14.5. The number of phosphoric acid groups is 1. The number of unbranched alkanes of at least 4 members (excludes halogenated alkanes) is 5. The van der Waals surface area contributed by atoms with Gasteiger partial charge in [-0.2, -0.15) is 0 Å². The summed E-state index contributed by atoms with van der Waals surface area (Å²) >= 11 is 0. The van der Waals surface area contributed by atoms with Gasteiger partial charge in [-0.15, -0.1) is 0 Å². The zero-order chi connectivity index (χ0) is 23.3. The largest absolute Gasteiger partial charge is 0.494 e. The normalized spacial score (nSPS) is 14.7. The van der Waals surface area contributed by atoms with Gasteiger partial charge in [0.2, 0.25) is 0 Å². The lowest BCUT2D eigenvalue weighted by Gasteiger charge is -2.29. The maximum absolute atomic E-state index is 12.1. The van der Waals surface area contributed by atoms with Crippen LogP contribution in [0.5, 0.6) is 5.75 Å². The van der Waals surface area contributed by atoms with E-state index in [2.05, 4.69) is 0 Å². The Morgan fingerprint density at radius 3 is 2.10 bits per heavy atom. The molecule has 2 atom stereocenters. The van der Waals surface area contributed by atoms with Crippen LogP contribution in [0, 0.1) is 6.92 Å². The highest BCUT2D eigenvalue weighted by Crippen LogP contribution is 2.45. The van der Waals surface area contributed by atoms with Gasteiger partial charge in [-0.1, -0.05) is 43.4 Å². The van der Waals surface area contributed by atoms with E-state index in [1.165, 1.54) is 5.56 Å². The molecule has 0 aromatic heterocycles. The fourth-order valence-electron chi connectivity index (χ4n) is 3.08. The zero-order valence-electron chi connectivity index (χ0n) is 19.3. The van der Waals surface area contributed by atoms with Crippen molar-refractivity contribution >= 4 is 13.8 Å². The topological polar surface area (TPSA) is 102 Å². The molecular formula is C22H39NO7P+. The number of ether oxygens (including phenoxy) is 1. The number of likely N-dealkylation sites (N-methyl/N-ethyl adjacent to an activating group) is 1. The van der Waals surface area contributed by atoms with E-state index >= 15 is 0 Å². The first kappa shape index (κ1) is 27.6. The summed E-state index contributed by atoms with van der Waals surface area (Å²) in [7, 11) is 1.29. The van der Waals surface area contributed by atoms with Gasteiger partial charge in [0.25, 0.3) is 0 Å². The molecule has 178 valence electrons. The number of aliphatic carboxylic acids is 1. The minimum absolute atomic E-state index is 0.106. The number of hydrogen-bond donors (Lipinski definition) is 2. The number of benzene rings is 1. The van der Waals surface area contributed by atoms with Crippen molar-refractivity contribution < 1.29 is 37.6 Å². The molecule has 0 heterocycles. The molecule has 0 spiro atoms. The lowest BCUT2D eigenvalue weighted by Crippen LogP contribution is -2.42. The van der Waals surface area contributed by atoms with E-state index in [9.17, 15) is 14.3 Å². The van der Waals surface area contributed by atoms with E-state index in [1.54, 1.807) is 0 Å². The molecule has 9 heteroatoms. The Morgan fingerprint density at radius 2 is 1.55 bits per heavy atom.